The van der Waals surface area contributed by atoms with Gasteiger partial charge >= 0.3 is 6.09 Å². The molecule has 2 N–H and O–H groups in total. The van der Waals surface area contributed by atoms with Gasteiger partial charge in [-0.3, -0.25) is 9.78 Å². The summed E-state index contributed by atoms with van der Waals surface area (Å²) in [6.45, 7) is 18.4. The number of nitriles is 1. The van der Waals surface area contributed by atoms with Gasteiger partial charge < -0.3 is 24.8 Å². The second-order valence-corrected chi connectivity index (χ2v) is 13.9. The fourth-order valence-corrected chi connectivity index (χ4v) is 6.69. The molecule has 46 heavy (non-hydrogen) atoms. The van der Waals surface area contributed by atoms with E-state index in [4.69, 9.17) is 9.98 Å². The number of aromatic nitrogens is 2. The Morgan fingerprint density at radius 3 is 2.37 bits per heavy atom. The minimum atomic E-state index is -1.01. The Hall–Kier alpha value is -4.72. The number of piperazine rings is 1. The molecule has 11 heteroatoms. The maximum atomic E-state index is 15.5. The van der Waals surface area contributed by atoms with Crippen molar-refractivity contribution in [1.82, 2.24) is 19.8 Å². The third kappa shape index (κ3) is 5.50. The summed E-state index contributed by atoms with van der Waals surface area (Å²) in [5.41, 5.74) is 2.41. The highest BCUT2D eigenvalue weighted by molar-refractivity contribution is 6.07. The molecular formula is C35H42FN7O3. The Bertz CT molecular complexity index is 1820. The van der Waals surface area contributed by atoms with Crippen molar-refractivity contribution >= 4 is 23.4 Å². The first kappa shape index (κ1) is 32.7. The van der Waals surface area contributed by atoms with Crippen LogP contribution < -0.4 is 10.3 Å². The lowest BCUT2D eigenvalue weighted by atomic mass is 9.87. The Labute approximate surface area is 269 Å². The van der Waals surface area contributed by atoms with Gasteiger partial charge in [-0.1, -0.05) is 46.2 Å². The van der Waals surface area contributed by atoms with Gasteiger partial charge in [0.2, 0.25) is 5.43 Å². The van der Waals surface area contributed by atoms with E-state index in [1.54, 1.807) is 18.3 Å². The van der Waals surface area contributed by atoms with Crippen molar-refractivity contribution in [2.45, 2.75) is 86.5 Å². The summed E-state index contributed by atoms with van der Waals surface area (Å²) < 4.78 is 15.5. The van der Waals surface area contributed by atoms with Crippen LogP contribution in [0.5, 0.6) is 0 Å². The second kappa shape index (κ2) is 11.9. The van der Waals surface area contributed by atoms with Crippen LogP contribution in [0.4, 0.5) is 20.7 Å². The number of aryl methyl sites for hydroxylation is 2. The molecule has 2 aliphatic rings. The summed E-state index contributed by atoms with van der Waals surface area (Å²) in [5, 5.41) is 20.2. The fraction of sp³-hybridized carbons (Fsp3) is 0.457. The zero-order valence-electron chi connectivity index (χ0n) is 27.9. The van der Waals surface area contributed by atoms with Crippen molar-refractivity contribution in [3.8, 4) is 17.3 Å². The summed E-state index contributed by atoms with van der Waals surface area (Å²) in [7, 11) is 0. The standard InChI is InChI=1S/C35H42FN7O3/c1-18(2)27-29(20(4)12-13-38-27)43-31-26(30(44)24(15-37)28(39-31)23-14-19(3)10-11-25(23)36)32(40-33(43)35(7,8)9)42-21(5)16-41(34(45)46)17-22(42)6/h10-14,18,21-22,33H,16-17H2,1-9H3,(H,39,44)(H,45,46). The Kier molecular flexibility index (Phi) is 8.45. The smallest absolute Gasteiger partial charge is 0.407 e. The lowest BCUT2D eigenvalue weighted by Crippen LogP contribution is -2.62. The van der Waals surface area contributed by atoms with Gasteiger partial charge in [0.05, 0.1) is 17.1 Å². The minimum Gasteiger partial charge on any atom is -0.465 e. The molecule has 1 amide bonds. The van der Waals surface area contributed by atoms with Crippen molar-refractivity contribution < 1.29 is 14.3 Å². The SMILES string of the molecule is Cc1ccc(F)c(-c2[nH]c3c(c(=O)c2C#N)C(N2C(C)CN(C(=O)O)CC2C)=NC(C(C)(C)C)N3c2c(C)ccnc2C(C)C)c1. The molecule has 3 atom stereocenters. The van der Waals surface area contributed by atoms with Crippen molar-refractivity contribution in [2.24, 2.45) is 10.4 Å². The number of amidine groups is 1. The molecule has 3 unspecified atom stereocenters. The van der Waals surface area contributed by atoms with Crippen LogP contribution in [0.15, 0.2) is 40.2 Å². The minimum absolute atomic E-state index is 0.0206. The summed E-state index contributed by atoms with van der Waals surface area (Å²) in [6, 6.07) is 7.92. The Morgan fingerprint density at radius 2 is 1.80 bits per heavy atom. The van der Waals surface area contributed by atoms with Crippen LogP contribution in [-0.4, -0.2) is 68.1 Å². The van der Waals surface area contributed by atoms with Crippen molar-refractivity contribution in [3.63, 3.8) is 0 Å². The van der Waals surface area contributed by atoms with E-state index in [0.29, 0.717) is 11.7 Å². The molecule has 0 bridgehead atoms. The molecular weight excluding hydrogens is 585 g/mol. The largest absolute Gasteiger partial charge is 0.465 e. The van der Waals surface area contributed by atoms with E-state index in [1.807, 2.05) is 43.6 Å². The van der Waals surface area contributed by atoms with Gasteiger partial charge in [-0.25, -0.2) is 14.2 Å². The van der Waals surface area contributed by atoms with Gasteiger partial charge in [0.15, 0.2) is 0 Å². The maximum Gasteiger partial charge on any atom is 0.407 e. The number of hydrogen-bond donors (Lipinski definition) is 2. The van der Waals surface area contributed by atoms with Crippen LogP contribution in [0.25, 0.3) is 11.3 Å². The number of benzene rings is 1. The quantitative estimate of drug-likeness (QED) is 0.338. The summed E-state index contributed by atoms with van der Waals surface area (Å²) in [4.78, 5) is 45.5. The van der Waals surface area contributed by atoms with E-state index in [0.717, 1.165) is 22.5 Å². The number of amides is 1. The monoisotopic (exact) mass is 627 g/mol. The molecule has 0 saturated carbocycles. The van der Waals surface area contributed by atoms with Crippen LogP contribution in [0.1, 0.15) is 82.3 Å². The van der Waals surface area contributed by atoms with Gasteiger partial charge in [0, 0.05) is 42.3 Å². The molecule has 5 rings (SSSR count). The van der Waals surface area contributed by atoms with Crippen molar-refractivity contribution in [2.75, 3.05) is 18.0 Å². The predicted octanol–water partition coefficient (Wildman–Crippen LogP) is 6.53. The van der Waals surface area contributed by atoms with Crippen LogP contribution in [0.3, 0.4) is 0 Å². The number of fused-ring (bicyclic) bond motifs is 1. The van der Waals surface area contributed by atoms with E-state index in [9.17, 15) is 20.0 Å². The molecule has 2 aliphatic heterocycles. The van der Waals surface area contributed by atoms with Crippen LogP contribution >= 0.6 is 0 Å². The first-order valence-electron chi connectivity index (χ1n) is 15.6. The number of H-pyrrole nitrogens is 1. The summed E-state index contributed by atoms with van der Waals surface area (Å²) in [5.74, 6) is 0.238. The number of nitrogens with zero attached hydrogens (tertiary/aromatic N) is 6. The van der Waals surface area contributed by atoms with Crippen molar-refractivity contribution in [3.05, 3.63) is 74.5 Å². The third-order valence-corrected chi connectivity index (χ3v) is 8.79. The first-order valence-corrected chi connectivity index (χ1v) is 15.6. The van der Waals surface area contributed by atoms with Crippen molar-refractivity contribution in [1.29, 1.82) is 5.26 Å². The molecule has 242 valence electrons. The van der Waals surface area contributed by atoms with Crippen LogP contribution in [0.2, 0.25) is 0 Å². The normalized spacial score (nSPS) is 20.0. The lowest BCUT2D eigenvalue weighted by Gasteiger charge is -2.49. The topological polar surface area (TPSA) is 129 Å². The highest BCUT2D eigenvalue weighted by Gasteiger charge is 2.45. The molecule has 1 saturated heterocycles. The molecule has 10 nitrogen and oxygen atoms in total. The second-order valence-electron chi connectivity index (χ2n) is 13.9. The summed E-state index contributed by atoms with van der Waals surface area (Å²) in [6.07, 6.45) is 0.192. The molecule has 4 heterocycles. The van der Waals surface area contributed by atoms with E-state index in [-0.39, 0.29) is 53.5 Å². The van der Waals surface area contributed by atoms with Gasteiger partial charge in [0.25, 0.3) is 0 Å². The number of hydrogen-bond acceptors (Lipinski definition) is 7. The zero-order valence-corrected chi connectivity index (χ0v) is 27.9. The van der Waals surface area contributed by atoms with Crippen LogP contribution in [-0.2, 0) is 0 Å². The number of aliphatic imine (C=N–C) groups is 1. The molecule has 0 aliphatic carbocycles. The van der Waals surface area contributed by atoms with E-state index < -0.39 is 28.9 Å². The predicted molar refractivity (Wildman–Crippen MR) is 177 cm³/mol. The molecule has 1 aromatic carbocycles. The van der Waals surface area contributed by atoms with E-state index >= 15 is 4.39 Å². The molecule has 1 fully saturated rings. The highest BCUT2D eigenvalue weighted by Crippen LogP contribution is 2.45. The fourth-order valence-electron chi connectivity index (χ4n) is 6.69. The first-order chi connectivity index (χ1) is 21.6. The van der Waals surface area contributed by atoms with Crippen LogP contribution in [0, 0.1) is 36.4 Å². The van der Waals surface area contributed by atoms with Gasteiger partial charge in [-0.15, -0.1) is 0 Å². The molecule has 3 aromatic rings. The van der Waals surface area contributed by atoms with Gasteiger partial charge in [0.1, 0.15) is 40.8 Å². The van der Waals surface area contributed by atoms with E-state index in [2.05, 4.69) is 45.7 Å². The lowest BCUT2D eigenvalue weighted by molar-refractivity contribution is 0.0801. The number of pyridine rings is 2. The number of nitrogens with one attached hydrogen (secondary N) is 1. The zero-order chi connectivity index (χ0) is 33.8. The van der Waals surface area contributed by atoms with Gasteiger partial charge in [-0.2, -0.15) is 5.26 Å². The average Bonchev–Trinajstić information content (AvgIpc) is 2.97. The Morgan fingerprint density at radius 1 is 1.15 bits per heavy atom. The molecule has 2 aromatic heterocycles. The number of anilines is 2. The number of carboxylic acid groups (broad SMARTS) is 1. The summed E-state index contributed by atoms with van der Waals surface area (Å²) >= 11 is 0. The third-order valence-electron chi connectivity index (χ3n) is 8.79. The number of rotatable bonds is 3. The highest BCUT2D eigenvalue weighted by atomic mass is 19.1. The average molecular weight is 628 g/mol. The number of carbonyl (C=O) groups is 1. The number of aromatic amines is 1. The van der Waals surface area contributed by atoms with Gasteiger partial charge in [-0.05, 0) is 57.4 Å². The Balaban J connectivity index is 1.92. The van der Waals surface area contributed by atoms with E-state index in [1.165, 1.54) is 11.0 Å². The molecule has 0 spiro atoms. The number of halogens is 1. The molecule has 0 radical (unpaired) electrons. The maximum absolute atomic E-state index is 15.5.